The van der Waals surface area contributed by atoms with Gasteiger partial charge in [-0.15, -0.1) is 0 Å². The topological polar surface area (TPSA) is 59.3 Å². The maximum atomic E-state index is 11.8. The first kappa shape index (κ1) is 14.5. The molecule has 4 heteroatoms. The Hall–Kier alpha value is -1.60. The first-order chi connectivity index (χ1) is 8.69. The average Bonchev–Trinajstić information content (AvgIpc) is 2.36. The summed E-state index contributed by atoms with van der Waals surface area (Å²) in [7, 11) is 1.60. The molecule has 0 fully saturated rings. The van der Waals surface area contributed by atoms with Crippen LogP contribution in [0.5, 0.6) is 0 Å². The molecule has 0 aromatic rings. The molecule has 0 unspecified atom stereocenters. The maximum Gasteiger partial charge on any atom is 0.349 e. The van der Waals surface area contributed by atoms with Crippen LogP contribution in [0.15, 0.2) is 22.8 Å². The highest BCUT2D eigenvalue weighted by Gasteiger charge is 2.17. The summed E-state index contributed by atoms with van der Waals surface area (Å²) in [5, 5.41) is 9.08. The van der Waals surface area contributed by atoms with Crippen LogP contribution in [0, 0.1) is 11.3 Å². The molecule has 0 atom stereocenters. The summed E-state index contributed by atoms with van der Waals surface area (Å²) in [5.41, 5.74) is 2.15. The lowest BCUT2D eigenvalue weighted by molar-refractivity contribution is -0.138. The molecule has 0 aromatic carbocycles. The molecule has 0 radical (unpaired) electrons. The molecule has 1 aliphatic carbocycles. The van der Waals surface area contributed by atoms with E-state index in [4.69, 9.17) is 14.7 Å². The second-order valence-corrected chi connectivity index (χ2v) is 4.34. The van der Waals surface area contributed by atoms with Crippen molar-refractivity contribution in [2.24, 2.45) is 0 Å². The average molecular weight is 249 g/mol. The number of hydrogen-bond acceptors (Lipinski definition) is 4. The molecular formula is C14H19NO3. The summed E-state index contributed by atoms with van der Waals surface area (Å²) in [5.74, 6) is -0.519. The summed E-state index contributed by atoms with van der Waals surface area (Å²) < 4.78 is 9.92. The van der Waals surface area contributed by atoms with Crippen LogP contribution in [-0.4, -0.2) is 26.3 Å². The van der Waals surface area contributed by atoms with E-state index in [0.717, 1.165) is 24.8 Å². The monoisotopic (exact) mass is 249 g/mol. The van der Waals surface area contributed by atoms with Crippen molar-refractivity contribution < 1.29 is 14.3 Å². The van der Waals surface area contributed by atoms with Gasteiger partial charge in [-0.2, -0.15) is 5.26 Å². The third kappa shape index (κ3) is 4.34. The van der Waals surface area contributed by atoms with E-state index in [1.165, 1.54) is 5.57 Å². The van der Waals surface area contributed by atoms with E-state index in [1.807, 2.05) is 19.1 Å². The number of rotatable bonds is 5. The van der Waals surface area contributed by atoms with Crippen molar-refractivity contribution >= 4 is 5.97 Å². The van der Waals surface area contributed by atoms with Crippen molar-refractivity contribution in [1.82, 2.24) is 0 Å². The van der Waals surface area contributed by atoms with E-state index < -0.39 is 5.97 Å². The van der Waals surface area contributed by atoms with Crippen LogP contribution in [0.4, 0.5) is 0 Å². The van der Waals surface area contributed by atoms with Gasteiger partial charge in [-0.3, -0.25) is 0 Å². The zero-order valence-corrected chi connectivity index (χ0v) is 11.0. The molecule has 0 aliphatic heterocycles. The van der Waals surface area contributed by atoms with Gasteiger partial charge in [-0.05, 0) is 31.8 Å². The van der Waals surface area contributed by atoms with Gasteiger partial charge in [0.2, 0.25) is 0 Å². The fourth-order valence-corrected chi connectivity index (χ4v) is 1.89. The molecule has 4 nitrogen and oxygen atoms in total. The summed E-state index contributed by atoms with van der Waals surface area (Å²) in [6.07, 6.45) is 5.36. The van der Waals surface area contributed by atoms with Gasteiger partial charge in [0.1, 0.15) is 11.6 Å². The van der Waals surface area contributed by atoms with Crippen LogP contribution < -0.4 is 0 Å². The Balaban J connectivity index is 2.66. The summed E-state index contributed by atoms with van der Waals surface area (Å²) in [4.78, 5) is 11.8. The first-order valence-electron chi connectivity index (χ1n) is 6.15. The Labute approximate surface area is 108 Å². The number of nitriles is 1. The number of nitrogens with zero attached hydrogens (tertiary/aromatic N) is 1. The van der Waals surface area contributed by atoms with Crippen LogP contribution in [0.25, 0.3) is 0 Å². The number of hydrogen-bond donors (Lipinski definition) is 0. The van der Waals surface area contributed by atoms with Crippen LogP contribution in [0.1, 0.15) is 32.6 Å². The number of ether oxygens (including phenoxy) is 2. The van der Waals surface area contributed by atoms with Crippen molar-refractivity contribution in [2.75, 3.05) is 20.3 Å². The molecule has 98 valence electrons. The van der Waals surface area contributed by atoms with Crippen LogP contribution in [-0.2, 0) is 14.3 Å². The minimum absolute atomic E-state index is 0.145. The minimum Gasteiger partial charge on any atom is -0.461 e. The molecule has 0 saturated heterocycles. The van der Waals surface area contributed by atoms with Crippen molar-refractivity contribution in [1.29, 1.82) is 5.26 Å². The molecule has 1 aliphatic rings. The van der Waals surface area contributed by atoms with Crippen molar-refractivity contribution in [3.63, 3.8) is 0 Å². The smallest absolute Gasteiger partial charge is 0.349 e. The normalized spacial score (nSPS) is 17.7. The fourth-order valence-electron chi connectivity index (χ4n) is 1.89. The van der Waals surface area contributed by atoms with E-state index in [9.17, 15) is 4.79 Å². The Morgan fingerprint density at radius 2 is 2.22 bits per heavy atom. The largest absolute Gasteiger partial charge is 0.461 e. The second kappa shape index (κ2) is 7.67. The van der Waals surface area contributed by atoms with Gasteiger partial charge in [-0.1, -0.05) is 11.6 Å². The molecular weight excluding hydrogens is 230 g/mol. The summed E-state index contributed by atoms with van der Waals surface area (Å²) in [6, 6.07) is 1.96. The van der Waals surface area contributed by atoms with E-state index in [2.05, 4.69) is 0 Å². The lowest BCUT2D eigenvalue weighted by Crippen LogP contribution is -2.12. The van der Waals surface area contributed by atoms with E-state index in [1.54, 1.807) is 7.11 Å². The van der Waals surface area contributed by atoms with E-state index in [0.29, 0.717) is 13.0 Å². The Morgan fingerprint density at radius 3 is 2.83 bits per heavy atom. The maximum absolute atomic E-state index is 11.8. The van der Waals surface area contributed by atoms with Crippen molar-refractivity contribution in [2.45, 2.75) is 32.6 Å². The molecule has 0 spiro atoms. The highest BCUT2D eigenvalue weighted by atomic mass is 16.5. The Bertz CT molecular complexity index is 402. The second-order valence-electron chi connectivity index (χ2n) is 4.34. The summed E-state index contributed by atoms with van der Waals surface area (Å²) in [6.45, 7) is 2.84. The van der Waals surface area contributed by atoms with Crippen molar-refractivity contribution in [3.05, 3.63) is 22.8 Å². The van der Waals surface area contributed by atoms with Gasteiger partial charge in [0.05, 0.1) is 6.61 Å². The molecule has 0 saturated carbocycles. The SMILES string of the molecule is COCCCOC(=O)/C(C#N)=C1\C=C(C)CCC1. The highest BCUT2D eigenvalue weighted by molar-refractivity contribution is 5.94. The van der Waals surface area contributed by atoms with Crippen LogP contribution >= 0.6 is 0 Å². The summed E-state index contributed by atoms with van der Waals surface area (Å²) >= 11 is 0. The van der Waals surface area contributed by atoms with Crippen molar-refractivity contribution in [3.8, 4) is 6.07 Å². The number of esters is 1. The number of carbonyl (C=O) groups excluding carboxylic acids is 1. The van der Waals surface area contributed by atoms with E-state index in [-0.39, 0.29) is 12.2 Å². The lowest BCUT2D eigenvalue weighted by atomic mass is 9.93. The number of allylic oxidation sites excluding steroid dienone is 3. The molecule has 0 bridgehead atoms. The molecule has 1 rings (SSSR count). The third-order valence-corrected chi connectivity index (χ3v) is 2.80. The van der Waals surface area contributed by atoms with E-state index >= 15 is 0 Å². The van der Waals surface area contributed by atoms with Gasteiger partial charge >= 0.3 is 5.97 Å². The first-order valence-corrected chi connectivity index (χ1v) is 6.15. The quantitative estimate of drug-likeness (QED) is 0.325. The van der Waals surface area contributed by atoms with Gasteiger partial charge < -0.3 is 9.47 Å². The third-order valence-electron chi connectivity index (χ3n) is 2.80. The fraction of sp³-hybridized carbons (Fsp3) is 0.571. The molecule has 0 heterocycles. The predicted molar refractivity (Wildman–Crippen MR) is 67.7 cm³/mol. The number of carbonyl (C=O) groups is 1. The number of methoxy groups -OCH3 is 1. The highest BCUT2D eigenvalue weighted by Crippen LogP contribution is 2.24. The van der Waals surface area contributed by atoms with Gasteiger partial charge in [0, 0.05) is 20.1 Å². The molecule has 0 N–H and O–H groups in total. The molecule has 18 heavy (non-hydrogen) atoms. The zero-order chi connectivity index (χ0) is 13.4. The Kier molecular flexibility index (Phi) is 6.16. The van der Waals surface area contributed by atoms with Crippen LogP contribution in [0.2, 0.25) is 0 Å². The molecule has 0 amide bonds. The van der Waals surface area contributed by atoms with Gasteiger partial charge in [0.25, 0.3) is 0 Å². The van der Waals surface area contributed by atoms with Crippen LogP contribution in [0.3, 0.4) is 0 Å². The minimum atomic E-state index is -0.519. The Morgan fingerprint density at radius 1 is 1.44 bits per heavy atom. The lowest BCUT2D eigenvalue weighted by Gasteiger charge is -2.13. The molecule has 0 aromatic heterocycles. The zero-order valence-electron chi connectivity index (χ0n) is 11.0. The van der Waals surface area contributed by atoms with Gasteiger partial charge in [0.15, 0.2) is 0 Å². The predicted octanol–water partition coefficient (Wildman–Crippen LogP) is 2.52. The van der Waals surface area contributed by atoms with Gasteiger partial charge in [-0.25, -0.2) is 4.79 Å². The standard InChI is InChI=1S/C14H19NO3/c1-11-5-3-6-12(9-11)13(10-15)14(16)18-8-4-7-17-2/h9H,3-8H2,1-2H3/b13-12-.